The number of aryl methyl sites for hydroxylation is 1. The van der Waals surface area contributed by atoms with Crippen LogP contribution in [0.5, 0.6) is 0 Å². The standard InChI is InChI=1S/C22H26N4O2/c1-2-20-18(15-25-10-6-7-11-25)12-21(28-20)22(27)24-19-13-23-26(16-19)14-17-8-4-3-5-9-17/h3-5,8-9,12-13,16H,2,6-7,10-11,14-15H2,1H3,(H,24,27). The summed E-state index contributed by atoms with van der Waals surface area (Å²) in [6.07, 6.45) is 6.78. The zero-order chi connectivity index (χ0) is 19.3. The van der Waals surface area contributed by atoms with Gasteiger partial charge in [0.05, 0.1) is 18.4 Å². The van der Waals surface area contributed by atoms with Crippen molar-refractivity contribution in [2.75, 3.05) is 18.4 Å². The lowest BCUT2D eigenvalue weighted by atomic mass is 10.2. The van der Waals surface area contributed by atoms with E-state index in [1.807, 2.05) is 35.1 Å². The van der Waals surface area contributed by atoms with Crippen LogP contribution in [0.15, 0.2) is 53.2 Å². The summed E-state index contributed by atoms with van der Waals surface area (Å²) in [4.78, 5) is 15.1. The fourth-order valence-corrected chi connectivity index (χ4v) is 3.67. The molecule has 1 amide bonds. The average molecular weight is 378 g/mol. The molecule has 3 heterocycles. The maximum atomic E-state index is 12.6. The molecular formula is C22H26N4O2. The van der Waals surface area contributed by atoms with Crippen LogP contribution in [0.2, 0.25) is 0 Å². The Morgan fingerprint density at radius 2 is 1.96 bits per heavy atom. The lowest BCUT2D eigenvalue weighted by molar-refractivity contribution is 0.0995. The van der Waals surface area contributed by atoms with E-state index in [1.165, 1.54) is 12.8 Å². The molecule has 0 aliphatic carbocycles. The van der Waals surface area contributed by atoms with Crippen LogP contribution in [-0.2, 0) is 19.5 Å². The number of carbonyl (C=O) groups is 1. The third-order valence-corrected chi connectivity index (χ3v) is 5.11. The highest BCUT2D eigenvalue weighted by molar-refractivity contribution is 6.02. The first kappa shape index (κ1) is 18.5. The highest BCUT2D eigenvalue weighted by atomic mass is 16.4. The maximum absolute atomic E-state index is 12.6. The van der Waals surface area contributed by atoms with Gasteiger partial charge in [0.25, 0.3) is 5.91 Å². The minimum atomic E-state index is -0.235. The van der Waals surface area contributed by atoms with E-state index in [-0.39, 0.29) is 5.91 Å². The van der Waals surface area contributed by atoms with Crippen molar-refractivity contribution in [3.8, 4) is 0 Å². The number of likely N-dealkylation sites (tertiary alicyclic amines) is 1. The summed E-state index contributed by atoms with van der Waals surface area (Å²) >= 11 is 0. The molecule has 28 heavy (non-hydrogen) atoms. The van der Waals surface area contributed by atoms with Crippen molar-refractivity contribution in [2.45, 2.75) is 39.3 Å². The van der Waals surface area contributed by atoms with Crippen molar-refractivity contribution in [3.05, 3.63) is 71.4 Å². The molecule has 4 rings (SSSR count). The van der Waals surface area contributed by atoms with Crippen molar-refractivity contribution in [1.82, 2.24) is 14.7 Å². The van der Waals surface area contributed by atoms with E-state index in [4.69, 9.17) is 4.42 Å². The molecule has 1 fully saturated rings. The van der Waals surface area contributed by atoms with E-state index in [1.54, 1.807) is 6.20 Å². The molecule has 3 aromatic rings. The van der Waals surface area contributed by atoms with Crippen LogP contribution in [0, 0.1) is 0 Å². The number of rotatable bonds is 7. The van der Waals surface area contributed by atoms with Crippen LogP contribution >= 0.6 is 0 Å². The van der Waals surface area contributed by atoms with E-state index in [2.05, 4.69) is 34.4 Å². The molecule has 1 saturated heterocycles. The maximum Gasteiger partial charge on any atom is 0.291 e. The van der Waals surface area contributed by atoms with E-state index in [9.17, 15) is 4.79 Å². The van der Waals surface area contributed by atoms with Crippen LogP contribution in [0.3, 0.4) is 0 Å². The molecule has 1 aromatic carbocycles. The molecule has 0 radical (unpaired) electrons. The highest BCUT2D eigenvalue weighted by Gasteiger charge is 2.20. The molecular weight excluding hydrogens is 352 g/mol. The van der Waals surface area contributed by atoms with Gasteiger partial charge in [0.1, 0.15) is 5.76 Å². The minimum Gasteiger partial charge on any atom is -0.456 e. The zero-order valence-electron chi connectivity index (χ0n) is 16.2. The lowest BCUT2D eigenvalue weighted by Crippen LogP contribution is -2.18. The van der Waals surface area contributed by atoms with Crippen LogP contribution in [0.25, 0.3) is 0 Å². The second-order valence-electron chi connectivity index (χ2n) is 7.26. The summed E-state index contributed by atoms with van der Waals surface area (Å²) in [5.74, 6) is 1.03. The second-order valence-corrected chi connectivity index (χ2v) is 7.26. The molecule has 1 aliphatic heterocycles. The Kier molecular flexibility index (Phi) is 5.58. The summed E-state index contributed by atoms with van der Waals surface area (Å²) < 4.78 is 7.65. The van der Waals surface area contributed by atoms with Crippen molar-refractivity contribution in [1.29, 1.82) is 0 Å². The Labute approximate surface area is 165 Å². The predicted molar refractivity (Wildman–Crippen MR) is 108 cm³/mol. The molecule has 0 unspecified atom stereocenters. The predicted octanol–water partition coefficient (Wildman–Crippen LogP) is 3.93. The molecule has 6 heteroatoms. The molecule has 146 valence electrons. The van der Waals surface area contributed by atoms with Gasteiger partial charge in [-0.2, -0.15) is 5.10 Å². The fraction of sp³-hybridized carbons (Fsp3) is 0.364. The molecule has 0 bridgehead atoms. The van der Waals surface area contributed by atoms with Gasteiger partial charge in [-0.3, -0.25) is 14.4 Å². The van der Waals surface area contributed by atoms with E-state index >= 15 is 0 Å². The van der Waals surface area contributed by atoms with Gasteiger partial charge in [0, 0.05) is 24.7 Å². The first-order valence-corrected chi connectivity index (χ1v) is 9.93. The van der Waals surface area contributed by atoms with Gasteiger partial charge < -0.3 is 9.73 Å². The van der Waals surface area contributed by atoms with Gasteiger partial charge >= 0.3 is 0 Å². The summed E-state index contributed by atoms with van der Waals surface area (Å²) in [5.41, 5.74) is 2.94. The minimum absolute atomic E-state index is 0.235. The van der Waals surface area contributed by atoms with Crippen LogP contribution in [0.1, 0.15) is 47.2 Å². The average Bonchev–Trinajstić information content (AvgIpc) is 3.45. The highest BCUT2D eigenvalue weighted by Crippen LogP contribution is 2.21. The molecule has 0 saturated carbocycles. The number of carbonyl (C=O) groups excluding carboxylic acids is 1. The molecule has 0 spiro atoms. The normalized spacial score (nSPS) is 14.5. The largest absolute Gasteiger partial charge is 0.456 e. The number of hydrogen-bond donors (Lipinski definition) is 1. The van der Waals surface area contributed by atoms with Crippen LogP contribution in [-0.4, -0.2) is 33.7 Å². The SMILES string of the molecule is CCc1oc(C(=O)Nc2cnn(Cc3ccccc3)c2)cc1CN1CCCC1. The summed E-state index contributed by atoms with van der Waals surface area (Å²) in [6, 6.07) is 12.0. The summed E-state index contributed by atoms with van der Waals surface area (Å²) in [5, 5.41) is 7.22. The smallest absolute Gasteiger partial charge is 0.291 e. The first-order chi connectivity index (χ1) is 13.7. The fourth-order valence-electron chi connectivity index (χ4n) is 3.67. The van der Waals surface area contributed by atoms with Gasteiger partial charge in [-0.15, -0.1) is 0 Å². The van der Waals surface area contributed by atoms with Crippen LogP contribution < -0.4 is 5.32 Å². The number of amides is 1. The van der Waals surface area contributed by atoms with E-state index < -0.39 is 0 Å². The zero-order valence-corrected chi connectivity index (χ0v) is 16.2. The van der Waals surface area contributed by atoms with E-state index in [0.717, 1.165) is 42.9 Å². The Balaban J connectivity index is 1.41. The van der Waals surface area contributed by atoms with Crippen LogP contribution in [0.4, 0.5) is 5.69 Å². The molecule has 0 atom stereocenters. The van der Waals surface area contributed by atoms with Crippen molar-refractivity contribution >= 4 is 11.6 Å². The summed E-state index contributed by atoms with van der Waals surface area (Å²) in [6.45, 7) is 5.82. The lowest BCUT2D eigenvalue weighted by Gasteiger charge is -2.13. The van der Waals surface area contributed by atoms with Crippen molar-refractivity contribution in [3.63, 3.8) is 0 Å². The molecule has 1 aliphatic rings. The van der Waals surface area contributed by atoms with Gasteiger partial charge in [-0.25, -0.2) is 0 Å². The number of anilines is 1. The van der Waals surface area contributed by atoms with Crippen molar-refractivity contribution < 1.29 is 9.21 Å². The Morgan fingerprint density at radius 1 is 1.18 bits per heavy atom. The third-order valence-electron chi connectivity index (χ3n) is 5.11. The number of hydrogen-bond acceptors (Lipinski definition) is 4. The number of benzene rings is 1. The second kappa shape index (κ2) is 8.44. The molecule has 2 aromatic heterocycles. The third kappa shape index (κ3) is 4.34. The first-order valence-electron chi connectivity index (χ1n) is 9.93. The number of aromatic nitrogens is 2. The molecule has 6 nitrogen and oxygen atoms in total. The summed E-state index contributed by atoms with van der Waals surface area (Å²) in [7, 11) is 0. The topological polar surface area (TPSA) is 63.3 Å². The van der Waals surface area contributed by atoms with E-state index in [0.29, 0.717) is 18.0 Å². The number of furan rings is 1. The van der Waals surface area contributed by atoms with Gasteiger partial charge in [0.2, 0.25) is 0 Å². The monoisotopic (exact) mass is 378 g/mol. The van der Waals surface area contributed by atoms with Gasteiger partial charge in [0.15, 0.2) is 5.76 Å². The number of nitrogens with one attached hydrogen (secondary N) is 1. The quantitative estimate of drug-likeness (QED) is 0.676. The van der Waals surface area contributed by atoms with Gasteiger partial charge in [-0.1, -0.05) is 37.3 Å². The Hall–Kier alpha value is -2.86. The van der Waals surface area contributed by atoms with Crippen molar-refractivity contribution in [2.24, 2.45) is 0 Å². The Morgan fingerprint density at radius 3 is 2.71 bits per heavy atom. The van der Waals surface area contributed by atoms with Gasteiger partial charge in [-0.05, 0) is 37.6 Å². The number of nitrogens with zero attached hydrogens (tertiary/aromatic N) is 3. The Bertz CT molecular complexity index is 923. The molecule has 1 N–H and O–H groups in total.